The van der Waals surface area contributed by atoms with Crippen LogP contribution >= 0.6 is 23.4 Å². The van der Waals surface area contributed by atoms with Crippen molar-refractivity contribution in [2.75, 3.05) is 24.3 Å². The molecular formula is C18H23ClN8S. The molecule has 148 valence electrons. The molecule has 2 aromatic heterocycles. The van der Waals surface area contributed by atoms with Crippen LogP contribution in [0.15, 0.2) is 35.7 Å². The maximum Gasteiger partial charge on any atom is 0.258 e. The van der Waals surface area contributed by atoms with Crippen molar-refractivity contribution in [1.29, 1.82) is 0 Å². The van der Waals surface area contributed by atoms with Crippen LogP contribution in [0, 0.1) is 0 Å². The van der Waals surface area contributed by atoms with E-state index in [2.05, 4.69) is 44.2 Å². The van der Waals surface area contributed by atoms with Crippen molar-refractivity contribution in [3.05, 3.63) is 41.2 Å². The van der Waals surface area contributed by atoms with E-state index in [9.17, 15) is 0 Å². The molecule has 2 heterocycles. The van der Waals surface area contributed by atoms with Gasteiger partial charge in [-0.3, -0.25) is 0 Å². The average molecular weight is 419 g/mol. The lowest BCUT2D eigenvalue weighted by Gasteiger charge is -2.15. The van der Waals surface area contributed by atoms with Crippen molar-refractivity contribution < 1.29 is 0 Å². The van der Waals surface area contributed by atoms with E-state index in [0.717, 1.165) is 22.8 Å². The number of aromatic nitrogens is 6. The van der Waals surface area contributed by atoms with Gasteiger partial charge in [-0.25, -0.2) is 4.98 Å². The molecule has 3 aromatic rings. The van der Waals surface area contributed by atoms with Crippen LogP contribution in [-0.4, -0.2) is 49.9 Å². The maximum absolute atomic E-state index is 5.93. The van der Waals surface area contributed by atoms with Gasteiger partial charge in [-0.2, -0.15) is 19.6 Å². The predicted molar refractivity (Wildman–Crippen MR) is 113 cm³/mol. The van der Waals surface area contributed by atoms with E-state index in [1.54, 1.807) is 22.8 Å². The van der Waals surface area contributed by atoms with Gasteiger partial charge in [-0.1, -0.05) is 42.4 Å². The first kappa shape index (κ1) is 20.3. The van der Waals surface area contributed by atoms with Gasteiger partial charge in [0.25, 0.3) is 5.95 Å². The Labute approximate surface area is 173 Å². The second kappa shape index (κ2) is 9.20. The van der Waals surface area contributed by atoms with Crippen LogP contribution in [0.4, 0.5) is 11.9 Å². The molecule has 0 spiro atoms. The van der Waals surface area contributed by atoms with Gasteiger partial charge in [0.1, 0.15) is 6.33 Å². The van der Waals surface area contributed by atoms with Crippen molar-refractivity contribution in [2.24, 2.45) is 0 Å². The molecule has 0 saturated carbocycles. The van der Waals surface area contributed by atoms with Crippen molar-refractivity contribution in [3.8, 4) is 5.95 Å². The molecule has 0 aliphatic heterocycles. The molecule has 0 saturated heterocycles. The van der Waals surface area contributed by atoms with E-state index in [1.807, 2.05) is 43.3 Å². The van der Waals surface area contributed by atoms with Crippen LogP contribution in [0.25, 0.3) is 5.95 Å². The van der Waals surface area contributed by atoms with Gasteiger partial charge in [0.2, 0.25) is 17.1 Å². The summed E-state index contributed by atoms with van der Waals surface area (Å²) in [4.78, 5) is 19.6. The minimum absolute atomic E-state index is 0.256. The van der Waals surface area contributed by atoms with Crippen molar-refractivity contribution in [1.82, 2.24) is 29.7 Å². The summed E-state index contributed by atoms with van der Waals surface area (Å²) in [5.41, 5.74) is 1.15. The Morgan fingerprint density at radius 1 is 1.18 bits per heavy atom. The second-order valence-corrected chi connectivity index (χ2v) is 7.87. The van der Waals surface area contributed by atoms with Crippen LogP contribution in [0.3, 0.4) is 0 Å². The lowest BCUT2D eigenvalue weighted by molar-refractivity contribution is 0.731. The standard InChI is InChI=1S/C18H23ClN8S/c1-5-12(2)21-15-22-16(26(3)4)24-17(23-15)27-11-20-18(25-27)28-10-13-6-8-14(19)9-7-13/h6-9,11-12H,5,10H2,1-4H3,(H,21,22,23,24)/t12-/m1/s1. The Kier molecular flexibility index (Phi) is 6.69. The first-order chi connectivity index (χ1) is 13.4. The Balaban J connectivity index is 1.78. The van der Waals surface area contributed by atoms with Gasteiger partial charge in [0, 0.05) is 30.9 Å². The number of rotatable bonds is 8. The largest absolute Gasteiger partial charge is 0.352 e. The number of hydrogen-bond acceptors (Lipinski definition) is 8. The van der Waals surface area contributed by atoms with Crippen LogP contribution < -0.4 is 10.2 Å². The highest BCUT2D eigenvalue weighted by Gasteiger charge is 2.13. The van der Waals surface area contributed by atoms with Crippen LogP contribution in [0.2, 0.25) is 5.02 Å². The van der Waals surface area contributed by atoms with E-state index in [0.29, 0.717) is 23.0 Å². The van der Waals surface area contributed by atoms with E-state index in [4.69, 9.17) is 11.6 Å². The molecule has 1 aromatic carbocycles. The third-order valence-electron chi connectivity index (χ3n) is 3.96. The molecule has 1 atom stereocenters. The Bertz CT molecular complexity index is 912. The van der Waals surface area contributed by atoms with Gasteiger partial charge in [0.05, 0.1) is 0 Å². The normalized spacial score (nSPS) is 12.0. The zero-order chi connectivity index (χ0) is 20.1. The van der Waals surface area contributed by atoms with Gasteiger partial charge in [-0.05, 0) is 31.0 Å². The van der Waals surface area contributed by atoms with Crippen LogP contribution in [0.5, 0.6) is 0 Å². The summed E-state index contributed by atoms with van der Waals surface area (Å²) in [6.07, 6.45) is 2.58. The number of hydrogen-bond donors (Lipinski definition) is 1. The van der Waals surface area contributed by atoms with Gasteiger partial charge in [0.15, 0.2) is 0 Å². The Morgan fingerprint density at radius 2 is 1.93 bits per heavy atom. The monoisotopic (exact) mass is 418 g/mol. The van der Waals surface area contributed by atoms with Crippen molar-refractivity contribution in [2.45, 2.75) is 37.2 Å². The summed E-state index contributed by atoms with van der Waals surface area (Å²) in [5.74, 6) is 2.26. The minimum atomic E-state index is 0.256. The number of halogens is 1. The predicted octanol–water partition coefficient (Wildman–Crippen LogP) is 3.67. The smallest absolute Gasteiger partial charge is 0.258 e. The summed E-state index contributed by atoms with van der Waals surface area (Å²) in [7, 11) is 3.78. The average Bonchev–Trinajstić information content (AvgIpc) is 3.16. The SMILES string of the molecule is CC[C@@H](C)Nc1nc(N(C)C)nc(-n2cnc(SCc3ccc(Cl)cc3)n2)n1. The maximum atomic E-state index is 5.93. The molecule has 0 fully saturated rings. The molecule has 0 bridgehead atoms. The number of anilines is 2. The number of nitrogens with zero attached hydrogens (tertiary/aromatic N) is 7. The van der Waals surface area contributed by atoms with Gasteiger partial charge < -0.3 is 10.2 Å². The number of nitrogens with one attached hydrogen (secondary N) is 1. The highest BCUT2D eigenvalue weighted by atomic mass is 35.5. The Morgan fingerprint density at radius 3 is 2.61 bits per heavy atom. The molecule has 0 aliphatic rings. The van der Waals surface area contributed by atoms with Gasteiger partial charge >= 0.3 is 0 Å². The zero-order valence-electron chi connectivity index (χ0n) is 16.3. The molecule has 0 aliphatic carbocycles. The first-order valence-corrected chi connectivity index (χ1v) is 10.3. The summed E-state index contributed by atoms with van der Waals surface area (Å²) >= 11 is 7.47. The van der Waals surface area contributed by atoms with Crippen molar-refractivity contribution >= 4 is 35.3 Å². The fourth-order valence-corrected chi connectivity index (χ4v) is 3.06. The summed E-state index contributed by atoms with van der Waals surface area (Å²) in [6, 6.07) is 8.00. The Hall–Kier alpha value is -2.39. The summed E-state index contributed by atoms with van der Waals surface area (Å²) < 4.78 is 1.57. The molecule has 0 radical (unpaired) electrons. The van der Waals surface area contributed by atoms with E-state index >= 15 is 0 Å². The van der Waals surface area contributed by atoms with E-state index < -0.39 is 0 Å². The fourth-order valence-electron chi connectivity index (χ4n) is 2.18. The third-order valence-corrected chi connectivity index (χ3v) is 5.13. The molecule has 1 N–H and O–H groups in total. The molecule has 28 heavy (non-hydrogen) atoms. The summed E-state index contributed by atoms with van der Waals surface area (Å²) in [6.45, 7) is 4.19. The van der Waals surface area contributed by atoms with Gasteiger partial charge in [-0.15, -0.1) is 5.10 Å². The zero-order valence-corrected chi connectivity index (χ0v) is 17.9. The lowest BCUT2D eigenvalue weighted by Crippen LogP contribution is -2.21. The molecule has 8 nitrogen and oxygen atoms in total. The molecule has 0 unspecified atom stereocenters. The van der Waals surface area contributed by atoms with Crippen LogP contribution in [-0.2, 0) is 5.75 Å². The topological polar surface area (TPSA) is 84.7 Å². The summed E-state index contributed by atoms with van der Waals surface area (Å²) in [5, 5.41) is 9.16. The van der Waals surface area contributed by atoms with E-state index in [1.165, 1.54) is 0 Å². The molecule has 10 heteroatoms. The fraction of sp³-hybridized carbons (Fsp3) is 0.389. The third kappa shape index (κ3) is 5.32. The van der Waals surface area contributed by atoms with E-state index in [-0.39, 0.29) is 6.04 Å². The lowest BCUT2D eigenvalue weighted by atomic mass is 10.2. The number of benzene rings is 1. The number of thioether (sulfide) groups is 1. The molecule has 3 rings (SSSR count). The van der Waals surface area contributed by atoms with Crippen LogP contribution in [0.1, 0.15) is 25.8 Å². The molecule has 0 amide bonds. The molecular weight excluding hydrogens is 396 g/mol. The highest BCUT2D eigenvalue weighted by molar-refractivity contribution is 7.98. The quantitative estimate of drug-likeness (QED) is 0.554. The first-order valence-electron chi connectivity index (χ1n) is 8.93. The highest BCUT2D eigenvalue weighted by Crippen LogP contribution is 2.21. The second-order valence-electron chi connectivity index (χ2n) is 6.49. The minimum Gasteiger partial charge on any atom is -0.352 e. The van der Waals surface area contributed by atoms with Crippen molar-refractivity contribution in [3.63, 3.8) is 0 Å².